The molecule has 0 saturated carbocycles. The molecule has 20 heavy (non-hydrogen) atoms. The Labute approximate surface area is 119 Å². The highest BCUT2D eigenvalue weighted by molar-refractivity contribution is 7.13. The number of rotatable bonds is 5. The Morgan fingerprint density at radius 1 is 1.50 bits per heavy atom. The number of carboxylic acids is 1. The third kappa shape index (κ3) is 3.02. The zero-order valence-corrected chi connectivity index (χ0v) is 11.8. The van der Waals surface area contributed by atoms with E-state index in [1.165, 1.54) is 16.0 Å². The highest BCUT2D eigenvalue weighted by atomic mass is 32.1. The summed E-state index contributed by atoms with van der Waals surface area (Å²) in [6.45, 7) is 3.63. The number of hydrogen-bond acceptors (Lipinski definition) is 5. The zero-order chi connectivity index (χ0) is 14.7. The quantitative estimate of drug-likeness (QED) is 0.864. The van der Waals surface area contributed by atoms with Crippen molar-refractivity contribution in [2.45, 2.75) is 26.4 Å². The minimum Gasteiger partial charge on any atom is -0.476 e. The van der Waals surface area contributed by atoms with Crippen LogP contribution < -0.4 is 5.32 Å². The van der Waals surface area contributed by atoms with Gasteiger partial charge in [-0.1, -0.05) is 11.3 Å². The van der Waals surface area contributed by atoms with Gasteiger partial charge in [-0.2, -0.15) is 0 Å². The molecule has 2 aromatic rings. The van der Waals surface area contributed by atoms with Gasteiger partial charge in [0.05, 0.1) is 4.88 Å². The standard InChI is InChI=1S/C12H14N4O3S/c1-7(2)13-9(17)6-16-11(8-4-3-5-20-8)10(12(18)19)14-15-16/h3-5,7H,6H2,1-2H3,(H,13,17)(H,18,19). The first kappa shape index (κ1) is 14.2. The fraction of sp³-hybridized carbons (Fsp3) is 0.333. The van der Waals surface area contributed by atoms with E-state index in [1.54, 1.807) is 12.1 Å². The van der Waals surface area contributed by atoms with Gasteiger partial charge in [0.1, 0.15) is 12.2 Å². The summed E-state index contributed by atoms with van der Waals surface area (Å²) >= 11 is 1.37. The van der Waals surface area contributed by atoms with Crippen LogP contribution in [0.3, 0.4) is 0 Å². The van der Waals surface area contributed by atoms with Crippen LogP contribution in [0.5, 0.6) is 0 Å². The molecule has 2 aromatic heterocycles. The second kappa shape index (κ2) is 5.83. The molecule has 0 spiro atoms. The lowest BCUT2D eigenvalue weighted by molar-refractivity contribution is -0.122. The number of carboxylic acid groups (broad SMARTS) is 1. The second-order valence-electron chi connectivity index (χ2n) is 4.45. The van der Waals surface area contributed by atoms with Gasteiger partial charge in [0.2, 0.25) is 5.91 Å². The Morgan fingerprint density at radius 2 is 2.25 bits per heavy atom. The van der Waals surface area contributed by atoms with Gasteiger partial charge in [0, 0.05) is 6.04 Å². The molecular weight excluding hydrogens is 280 g/mol. The van der Waals surface area contributed by atoms with E-state index in [4.69, 9.17) is 5.11 Å². The van der Waals surface area contributed by atoms with Crippen molar-refractivity contribution >= 4 is 23.2 Å². The number of thiophene rings is 1. The van der Waals surface area contributed by atoms with E-state index in [-0.39, 0.29) is 24.2 Å². The number of nitrogens with one attached hydrogen (secondary N) is 1. The van der Waals surface area contributed by atoms with Crippen molar-refractivity contribution < 1.29 is 14.7 Å². The maximum Gasteiger partial charge on any atom is 0.358 e. The van der Waals surface area contributed by atoms with E-state index in [9.17, 15) is 9.59 Å². The zero-order valence-electron chi connectivity index (χ0n) is 11.0. The lowest BCUT2D eigenvalue weighted by Crippen LogP contribution is -2.33. The van der Waals surface area contributed by atoms with Crippen LogP contribution in [0.4, 0.5) is 0 Å². The van der Waals surface area contributed by atoms with Crippen molar-refractivity contribution in [3.63, 3.8) is 0 Å². The van der Waals surface area contributed by atoms with Gasteiger partial charge in [0.25, 0.3) is 0 Å². The number of carbonyl (C=O) groups excluding carboxylic acids is 1. The molecule has 0 aliphatic carbocycles. The molecule has 0 saturated heterocycles. The first-order chi connectivity index (χ1) is 9.49. The van der Waals surface area contributed by atoms with Crippen molar-refractivity contribution in [2.24, 2.45) is 0 Å². The molecule has 2 heterocycles. The highest BCUT2D eigenvalue weighted by Crippen LogP contribution is 2.26. The molecule has 8 heteroatoms. The Hall–Kier alpha value is -2.22. The van der Waals surface area contributed by atoms with Gasteiger partial charge in [-0.05, 0) is 25.3 Å². The summed E-state index contributed by atoms with van der Waals surface area (Å²) in [6.07, 6.45) is 0. The molecule has 0 radical (unpaired) electrons. The Kier molecular flexibility index (Phi) is 4.14. The van der Waals surface area contributed by atoms with Crippen molar-refractivity contribution in [1.29, 1.82) is 0 Å². The molecule has 0 aliphatic heterocycles. The lowest BCUT2D eigenvalue weighted by atomic mass is 10.2. The van der Waals surface area contributed by atoms with Crippen LogP contribution >= 0.6 is 11.3 Å². The molecule has 0 aromatic carbocycles. The molecule has 7 nitrogen and oxygen atoms in total. The first-order valence-electron chi connectivity index (χ1n) is 5.99. The maximum atomic E-state index is 11.8. The van der Waals surface area contributed by atoms with Crippen molar-refractivity contribution in [3.05, 3.63) is 23.2 Å². The van der Waals surface area contributed by atoms with Crippen LogP contribution in [-0.4, -0.2) is 38.0 Å². The van der Waals surface area contributed by atoms with E-state index in [2.05, 4.69) is 15.6 Å². The average Bonchev–Trinajstić information content (AvgIpc) is 2.94. The van der Waals surface area contributed by atoms with Crippen molar-refractivity contribution in [3.8, 4) is 10.6 Å². The number of amides is 1. The molecule has 0 atom stereocenters. The van der Waals surface area contributed by atoms with Gasteiger partial charge in [-0.15, -0.1) is 16.4 Å². The SMILES string of the molecule is CC(C)NC(=O)Cn1nnc(C(=O)O)c1-c1cccs1. The fourth-order valence-corrected chi connectivity index (χ4v) is 2.50. The number of nitrogens with zero attached hydrogens (tertiary/aromatic N) is 3. The summed E-state index contributed by atoms with van der Waals surface area (Å²) < 4.78 is 1.31. The van der Waals surface area contributed by atoms with Crippen molar-refractivity contribution in [2.75, 3.05) is 0 Å². The normalized spacial score (nSPS) is 10.8. The largest absolute Gasteiger partial charge is 0.476 e. The van der Waals surface area contributed by atoms with E-state index >= 15 is 0 Å². The lowest BCUT2D eigenvalue weighted by Gasteiger charge is -2.09. The molecular formula is C12H14N4O3S. The van der Waals surface area contributed by atoms with E-state index in [0.29, 0.717) is 10.6 Å². The van der Waals surface area contributed by atoms with Crippen LogP contribution in [0.1, 0.15) is 24.3 Å². The summed E-state index contributed by atoms with van der Waals surface area (Å²) in [5.41, 5.74) is 0.205. The Balaban J connectivity index is 2.34. The Morgan fingerprint density at radius 3 is 2.80 bits per heavy atom. The summed E-state index contributed by atoms with van der Waals surface area (Å²) in [5.74, 6) is -1.40. The first-order valence-corrected chi connectivity index (χ1v) is 6.87. The number of hydrogen-bond donors (Lipinski definition) is 2. The third-order valence-corrected chi connectivity index (χ3v) is 3.31. The van der Waals surface area contributed by atoms with Gasteiger partial charge in [0.15, 0.2) is 5.69 Å². The maximum absolute atomic E-state index is 11.8. The number of carbonyl (C=O) groups is 2. The average molecular weight is 294 g/mol. The fourth-order valence-electron chi connectivity index (χ4n) is 1.73. The molecule has 106 valence electrons. The predicted molar refractivity (Wildman–Crippen MR) is 73.6 cm³/mol. The van der Waals surface area contributed by atoms with E-state index in [1.807, 2.05) is 19.2 Å². The van der Waals surface area contributed by atoms with Crippen molar-refractivity contribution in [1.82, 2.24) is 20.3 Å². The summed E-state index contributed by atoms with van der Waals surface area (Å²) in [5, 5.41) is 21.1. The molecule has 0 fully saturated rings. The summed E-state index contributed by atoms with van der Waals surface area (Å²) in [7, 11) is 0. The van der Waals surface area contributed by atoms with Gasteiger partial charge in [-0.25, -0.2) is 9.48 Å². The van der Waals surface area contributed by atoms with Crippen LogP contribution in [0.15, 0.2) is 17.5 Å². The molecule has 2 N–H and O–H groups in total. The Bertz CT molecular complexity index is 619. The van der Waals surface area contributed by atoms with Crippen LogP contribution in [0.2, 0.25) is 0 Å². The molecule has 2 rings (SSSR count). The minimum absolute atomic E-state index is 0.00940. The minimum atomic E-state index is -1.16. The van der Waals surface area contributed by atoms with Crippen LogP contribution in [0, 0.1) is 0 Å². The smallest absolute Gasteiger partial charge is 0.358 e. The summed E-state index contributed by atoms with van der Waals surface area (Å²) in [4.78, 5) is 23.7. The number of aromatic nitrogens is 3. The third-order valence-electron chi connectivity index (χ3n) is 2.44. The molecule has 1 amide bonds. The molecule has 0 unspecified atom stereocenters. The summed E-state index contributed by atoms with van der Waals surface area (Å²) in [6, 6.07) is 3.58. The molecule has 0 aliphatic rings. The van der Waals surface area contributed by atoms with Crippen LogP contribution in [0.25, 0.3) is 10.6 Å². The van der Waals surface area contributed by atoms with Crippen LogP contribution in [-0.2, 0) is 11.3 Å². The van der Waals surface area contributed by atoms with E-state index < -0.39 is 5.97 Å². The molecule has 0 bridgehead atoms. The number of aromatic carboxylic acids is 1. The highest BCUT2D eigenvalue weighted by Gasteiger charge is 2.22. The van der Waals surface area contributed by atoms with Gasteiger partial charge in [-0.3, -0.25) is 4.79 Å². The van der Waals surface area contributed by atoms with Gasteiger partial charge < -0.3 is 10.4 Å². The second-order valence-corrected chi connectivity index (χ2v) is 5.40. The van der Waals surface area contributed by atoms with Gasteiger partial charge >= 0.3 is 5.97 Å². The topological polar surface area (TPSA) is 97.1 Å². The monoisotopic (exact) mass is 294 g/mol. The van der Waals surface area contributed by atoms with E-state index in [0.717, 1.165) is 0 Å². The predicted octanol–water partition coefficient (Wildman–Crippen LogP) is 1.23.